The van der Waals surface area contributed by atoms with Gasteiger partial charge < -0.3 is 15.6 Å². The van der Waals surface area contributed by atoms with Crippen LogP contribution in [0.15, 0.2) is 16.8 Å². The third-order valence-electron chi connectivity index (χ3n) is 2.70. The number of nitrogens with two attached hydrogens (primary N) is 1. The number of carbonyl (C=O) groups excluding carboxylic acids is 1. The Morgan fingerprint density at radius 1 is 1.60 bits per heavy atom. The quantitative estimate of drug-likeness (QED) is 0.874. The van der Waals surface area contributed by atoms with E-state index in [0.717, 1.165) is 0 Å². The Bertz CT molecular complexity index is 628. The summed E-state index contributed by atoms with van der Waals surface area (Å²) in [6, 6.07) is 1.28. The topological polar surface area (TPSA) is 107 Å². The highest BCUT2D eigenvalue weighted by atomic mass is 35.5. The molecule has 1 unspecified atom stereocenters. The van der Waals surface area contributed by atoms with Crippen molar-refractivity contribution >= 4 is 23.3 Å². The standard InChI is InChI=1S/C12H14ClN5O2/c1-3-9(12-16-6(2)20-18-12)17-11-8(13)4-7(5-15-11)10(14)19/h4-5,9H,3H2,1-2H3,(H2,14,19)(H,15,17). The van der Waals surface area contributed by atoms with Gasteiger partial charge in [-0.25, -0.2) is 4.98 Å². The van der Waals surface area contributed by atoms with Gasteiger partial charge in [-0.15, -0.1) is 0 Å². The Balaban J connectivity index is 2.22. The van der Waals surface area contributed by atoms with E-state index in [1.54, 1.807) is 6.92 Å². The van der Waals surface area contributed by atoms with Crippen LogP contribution in [-0.2, 0) is 0 Å². The molecule has 0 aliphatic heterocycles. The highest BCUT2D eigenvalue weighted by molar-refractivity contribution is 6.33. The summed E-state index contributed by atoms with van der Waals surface area (Å²) in [4.78, 5) is 19.3. The van der Waals surface area contributed by atoms with E-state index in [1.807, 2.05) is 6.92 Å². The van der Waals surface area contributed by atoms with Gasteiger partial charge in [0.1, 0.15) is 5.82 Å². The summed E-state index contributed by atoms with van der Waals surface area (Å²) in [6.07, 6.45) is 2.08. The van der Waals surface area contributed by atoms with Crippen LogP contribution >= 0.6 is 11.6 Å². The molecule has 7 nitrogen and oxygen atoms in total. The van der Waals surface area contributed by atoms with E-state index >= 15 is 0 Å². The molecule has 0 aliphatic carbocycles. The maximum atomic E-state index is 11.0. The Labute approximate surface area is 120 Å². The molecule has 0 bridgehead atoms. The molecule has 3 N–H and O–H groups in total. The number of hydrogen-bond donors (Lipinski definition) is 2. The van der Waals surface area contributed by atoms with Crippen molar-refractivity contribution in [1.29, 1.82) is 0 Å². The van der Waals surface area contributed by atoms with Crippen molar-refractivity contribution in [2.24, 2.45) is 5.73 Å². The maximum Gasteiger partial charge on any atom is 0.250 e. The first-order valence-corrected chi connectivity index (χ1v) is 6.41. The summed E-state index contributed by atoms with van der Waals surface area (Å²) < 4.78 is 4.95. The molecule has 0 fully saturated rings. The lowest BCUT2D eigenvalue weighted by atomic mass is 10.2. The number of rotatable bonds is 5. The van der Waals surface area contributed by atoms with E-state index in [1.165, 1.54) is 12.3 Å². The zero-order chi connectivity index (χ0) is 14.7. The summed E-state index contributed by atoms with van der Waals surface area (Å²) in [7, 11) is 0. The minimum Gasteiger partial charge on any atom is -0.366 e. The van der Waals surface area contributed by atoms with E-state index < -0.39 is 5.91 Å². The molecule has 0 radical (unpaired) electrons. The second-order valence-electron chi connectivity index (χ2n) is 4.20. The zero-order valence-electron chi connectivity index (χ0n) is 11.1. The number of amides is 1. The molecule has 0 saturated carbocycles. The van der Waals surface area contributed by atoms with E-state index in [9.17, 15) is 4.79 Å². The molecule has 1 atom stereocenters. The summed E-state index contributed by atoms with van der Waals surface area (Å²) >= 11 is 6.07. The van der Waals surface area contributed by atoms with Gasteiger partial charge in [0.25, 0.3) is 0 Å². The lowest BCUT2D eigenvalue weighted by molar-refractivity contribution is 0.1000. The minimum absolute atomic E-state index is 0.183. The van der Waals surface area contributed by atoms with Gasteiger partial charge in [-0.3, -0.25) is 4.79 Å². The van der Waals surface area contributed by atoms with Crippen LogP contribution < -0.4 is 11.1 Å². The second kappa shape index (κ2) is 5.87. The van der Waals surface area contributed by atoms with Crippen molar-refractivity contribution in [2.45, 2.75) is 26.3 Å². The molecule has 8 heteroatoms. The molecule has 0 aliphatic rings. The normalized spacial score (nSPS) is 12.2. The Morgan fingerprint density at radius 2 is 2.35 bits per heavy atom. The highest BCUT2D eigenvalue weighted by Gasteiger charge is 2.17. The first-order valence-electron chi connectivity index (χ1n) is 6.03. The van der Waals surface area contributed by atoms with Crippen LogP contribution in [0.1, 0.15) is 41.5 Å². The zero-order valence-corrected chi connectivity index (χ0v) is 11.8. The molecule has 2 aromatic heterocycles. The fraction of sp³-hybridized carbons (Fsp3) is 0.333. The van der Waals surface area contributed by atoms with E-state index in [4.69, 9.17) is 21.9 Å². The number of carbonyl (C=O) groups is 1. The van der Waals surface area contributed by atoms with Crippen LogP contribution in [0.3, 0.4) is 0 Å². The molecule has 0 aromatic carbocycles. The van der Waals surface area contributed by atoms with Crippen LogP contribution in [-0.4, -0.2) is 21.0 Å². The predicted octanol–water partition coefficient (Wildman–Crippen LogP) is 2.09. The van der Waals surface area contributed by atoms with Gasteiger partial charge in [-0.2, -0.15) is 4.98 Å². The summed E-state index contributed by atoms with van der Waals surface area (Å²) in [5.41, 5.74) is 5.42. The third-order valence-corrected chi connectivity index (χ3v) is 2.99. The summed E-state index contributed by atoms with van der Waals surface area (Å²) in [5.74, 6) is 0.878. The van der Waals surface area contributed by atoms with Crippen molar-refractivity contribution in [2.75, 3.05) is 5.32 Å². The van der Waals surface area contributed by atoms with Crippen molar-refractivity contribution in [1.82, 2.24) is 15.1 Å². The number of halogens is 1. The third kappa shape index (κ3) is 3.05. The summed E-state index contributed by atoms with van der Waals surface area (Å²) in [6.45, 7) is 3.69. The fourth-order valence-corrected chi connectivity index (χ4v) is 1.87. The maximum absolute atomic E-state index is 11.0. The van der Waals surface area contributed by atoms with Crippen molar-refractivity contribution in [3.63, 3.8) is 0 Å². The largest absolute Gasteiger partial charge is 0.366 e. The SMILES string of the molecule is CCC(Nc1ncc(C(N)=O)cc1Cl)c1noc(C)n1. The van der Waals surface area contributed by atoms with Gasteiger partial charge in [0, 0.05) is 13.1 Å². The molecule has 0 saturated heterocycles. The minimum atomic E-state index is -0.577. The molecule has 2 aromatic rings. The molecular formula is C12H14ClN5O2. The molecule has 1 amide bonds. The molecular weight excluding hydrogens is 282 g/mol. The average Bonchev–Trinajstić information content (AvgIpc) is 2.83. The van der Waals surface area contributed by atoms with E-state index in [-0.39, 0.29) is 11.6 Å². The van der Waals surface area contributed by atoms with Crippen LogP contribution in [0.25, 0.3) is 0 Å². The molecule has 20 heavy (non-hydrogen) atoms. The Morgan fingerprint density at radius 3 is 2.85 bits per heavy atom. The lowest BCUT2D eigenvalue weighted by Gasteiger charge is -2.15. The van der Waals surface area contributed by atoms with Crippen LogP contribution in [0.4, 0.5) is 5.82 Å². The van der Waals surface area contributed by atoms with Gasteiger partial charge in [0.15, 0.2) is 5.82 Å². The number of nitrogens with one attached hydrogen (secondary N) is 1. The first kappa shape index (κ1) is 14.3. The number of anilines is 1. The molecule has 0 spiro atoms. The number of pyridine rings is 1. The Kier molecular flexibility index (Phi) is 4.19. The number of primary amides is 1. The smallest absolute Gasteiger partial charge is 0.250 e. The molecule has 106 valence electrons. The van der Waals surface area contributed by atoms with E-state index in [2.05, 4.69) is 20.4 Å². The number of hydrogen-bond acceptors (Lipinski definition) is 6. The number of nitrogens with zero attached hydrogens (tertiary/aromatic N) is 3. The highest BCUT2D eigenvalue weighted by Crippen LogP contribution is 2.25. The summed E-state index contributed by atoms with van der Waals surface area (Å²) in [5, 5.41) is 7.28. The van der Waals surface area contributed by atoms with Gasteiger partial charge in [-0.1, -0.05) is 23.7 Å². The monoisotopic (exact) mass is 295 g/mol. The van der Waals surface area contributed by atoms with E-state index in [0.29, 0.717) is 29.0 Å². The average molecular weight is 296 g/mol. The van der Waals surface area contributed by atoms with Crippen LogP contribution in [0.2, 0.25) is 5.02 Å². The van der Waals surface area contributed by atoms with Gasteiger partial charge in [0.05, 0.1) is 16.6 Å². The van der Waals surface area contributed by atoms with Gasteiger partial charge in [-0.05, 0) is 12.5 Å². The number of aryl methyl sites for hydroxylation is 1. The van der Waals surface area contributed by atoms with Crippen molar-refractivity contribution in [3.05, 3.63) is 34.6 Å². The van der Waals surface area contributed by atoms with Crippen LogP contribution in [0, 0.1) is 6.92 Å². The predicted molar refractivity (Wildman–Crippen MR) is 73.5 cm³/mol. The van der Waals surface area contributed by atoms with Crippen LogP contribution in [0.5, 0.6) is 0 Å². The molecule has 2 heterocycles. The van der Waals surface area contributed by atoms with Gasteiger partial charge >= 0.3 is 0 Å². The van der Waals surface area contributed by atoms with Crippen molar-refractivity contribution < 1.29 is 9.32 Å². The fourth-order valence-electron chi connectivity index (χ4n) is 1.65. The van der Waals surface area contributed by atoms with Crippen molar-refractivity contribution in [3.8, 4) is 0 Å². The second-order valence-corrected chi connectivity index (χ2v) is 4.60. The Hall–Kier alpha value is -2.15. The molecule has 2 rings (SSSR count). The number of aromatic nitrogens is 3. The van der Waals surface area contributed by atoms with Gasteiger partial charge in [0.2, 0.25) is 11.8 Å². The first-order chi connectivity index (χ1) is 9.51. The lowest BCUT2D eigenvalue weighted by Crippen LogP contribution is -2.15.